The third-order valence-corrected chi connectivity index (χ3v) is 2.61. The fourth-order valence-corrected chi connectivity index (χ4v) is 1.50. The van der Waals surface area contributed by atoms with Crippen LogP contribution in [0.25, 0.3) is 0 Å². The van der Waals surface area contributed by atoms with E-state index in [-0.39, 0.29) is 43.0 Å². The van der Waals surface area contributed by atoms with Crippen molar-refractivity contribution in [1.29, 1.82) is 0 Å². The van der Waals surface area contributed by atoms with Crippen LogP contribution < -0.4 is 10.6 Å². The third kappa shape index (κ3) is 8.44. The molecule has 0 unspecified atom stereocenters. The molecule has 2 N–H and O–H groups in total. The van der Waals surface area contributed by atoms with E-state index < -0.39 is 12.6 Å². The van der Waals surface area contributed by atoms with Gasteiger partial charge in [0.15, 0.2) is 11.7 Å². The van der Waals surface area contributed by atoms with E-state index in [9.17, 15) is 13.2 Å². The van der Waals surface area contributed by atoms with Crippen molar-refractivity contribution >= 4 is 29.9 Å². The van der Waals surface area contributed by atoms with Gasteiger partial charge in [0.1, 0.15) is 6.54 Å². The van der Waals surface area contributed by atoms with E-state index in [0.29, 0.717) is 18.3 Å². The number of hydrogen-bond donors (Lipinski definition) is 2. The summed E-state index contributed by atoms with van der Waals surface area (Å²) in [5, 5.41) is 9.41. The quantitative estimate of drug-likeness (QED) is 0.409. The largest absolute Gasteiger partial charge is 0.390 e. The van der Waals surface area contributed by atoms with E-state index in [1.807, 2.05) is 20.8 Å². The van der Waals surface area contributed by atoms with Gasteiger partial charge in [0, 0.05) is 19.2 Å². The van der Waals surface area contributed by atoms with Crippen LogP contribution in [0.3, 0.4) is 0 Å². The van der Waals surface area contributed by atoms with Gasteiger partial charge in [0.25, 0.3) is 0 Å². The Kier molecular flexibility index (Phi) is 9.45. The lowest BCUT2D eigenvalue weighted by molar-refractivity contribution is -0.132. The number of aliphatic imine (C=N–C) groups is 1. The highest BCUT2D eigenvalue weighted by Crippen LogP contribution is 2.18. The molecule has 0 aliphatic carbocycles. The highest BCUT2D eigenvalue weighted by Gasteiger charge is 2.26. The Labute approximate surface area is 145 Å². The normalized spacial score (nSPS) is 12.2. The summed E-state index contributed by atoms with van der Waals surface area (Å²) in [4.78, 5) is 4.17. The maximum absolute atomic E-state index is 12.1. The van der Waals surface area contributed by atoms with Gasteiger partial charge in [0.2, 0.25) is 0 Å². The molecule has 0 atom stereocenters. The van der Waals surface area contributed by atoms with Crippen molar-refractivity contribution in [2.24, 2.45) is 4.99 Å². The van der Waals surface area contributed by atoms with Crippen molar-refractivity contribution in [1.82, 2.24) is 15.8 Å². The molecule has 0 fully saturated rings. The van der Waals surface area contributed by atoms with Crippen LogP contribution in [0.4, 0.5) is 13.2 Å². The van der Waals surface area contributed by atoms with Crippen LogP contribution in [0.1, 0.15) is 44.6 Å². The van der Waals surface area contributed by atoms with Crippen molar-refractivity contribution < 1.29 is 17.7 Å². The first-order valence-electron chi connectivity index (χ1n) is 6.86. The molecule has 0 bridgehead atoms. The molecule has 1 rings (SSSR count). The molecule has 5 nitrogen and oxygen atoms in total. The van der Waals surface area contributed by atoms with Crippen molar-refractivity contribution in [3.05, 3.63) is 17.5 Å². The molecule has 0 radical (unpaired) electrons. The lowest BCUT2D eigenvalue weighted by Crippen LogP contribution is -2.38. The Hall–Kier alpha value is -1.00. The summed E-state index contributed by atoms with van der Waals surface area (Å²) in [6.45, 7) is 6.39. The Balaban J connectivity index is 0.00000441. The van der Waals surface area contributed by atoms with E-state index in [2.05, 4.69) is 20.8 Å². The first kappa shape index (κ1) is 21.0. The Bertz CT molecular complexity index is 460. The van der Waals surface area contributed by atoms with Gasteiger partial charge in [-0.25, -0.2) is 4.99 Å². The Morgan fingerprint density at radius 1 is 1.36 bits per heavy atom. The highest BCUT2D eigenvalue weighted by molar-refractivity contribution is 14.0. The minimum Gasteiger partial charge on any atom is -0.359 e. The molecule has 9 heteroatoms. The molecular formula is C13H22F3IN4O. The van der Waals surface area contributed by atoms with Crippen LogP contribution in [0.5, 0.6) is 0 Å². The van der Waals surface area contributed by atoms with Crippen LogP contribution in [0.15, 0.2) is 15.6 Å². The van der Waals surface area contributed by atoms with Gasteiger partial charge in [-0.15, -0.1) is 24.0 Å². The lowest BCUT2D eigenvalue weighted by Gasteiger charge is -2.12. The standard InChI is InChI=1S/C13H21F3N4O.HI/c1-4-17-12(18-6-5-13(14,15)16)19-8-10-7-11(9(2)3)20-21-10;/h7,9H,4-6,8H2,1-3H3,(H2,17,18,19);1H. The number of nitrogens with one attached hydrogen (secondary N) is 2. The van der Waals surface area contributed by atoms with Crippen molar-refractivity contribution in [3.8, 4) is 0 Å². The number of aromatic nitrogens is 1. The molecular weight excluding hydrogens is 412 g/mol. The number of hydrogen-bond acceptors (Lipinski definition) is 3. The summed E-state index contributed by atoms with van der Waals surface area (Å²) in [6.07, 6.45) is -5.08. The Morgan fingerprint density at radius 2 is 2.05 bits per heavy atom. The average Bonchev–Trinajstić information content (AvgIpc) is 2.83. The topological polar surface area (TPSA) is 62.5 Å². The van der Waals surface area contributed by atoms with Crippen LogP contribution in [0.2, 0.25) is 0 Å². The lowest BCUT2D eigenvalue weighted by atomic mass is 10.1. The van der Waals surface area contributed by atoms with Crippen LogP contribution in [0, 0.1) is 0 Å². The van der Waals surface area contributed by atoms with Gasteiger partial charge >= 0.3 is 6.18 Å². The van der Waals surface area contributed by atoms with Crippen LogP contribution in [-0.4, -0.2) is 30.4 Å². The van der Waals surface area contributed by atoms with Gasteiger partial charge in [-0.1, -0.05) is 19.0 Å². The van der Waals surface area contributed by atoms with Gasteiger partial charge in [-0.2, -0.15) is 13.2 Å². The highest BCUT2D eigenvalue weighted by atomic mass is 127. The minimum atomic E-state index is -4.18. The summed E-state index contributed by atoms with van der Waals surface area (Å²) in [5.74, 6) is 1.15. The second-order valence-electron chi connectivity index (χ2n) is 4.86. The summed E-state index contributed by atoms with van der Waals surface area (Å²) in [7, 11) is 0. The number of guanidine groups is 1. The molecule has 1 heterocycles. The maximum Gasteiger partial charge on any atom is 0.390 e. The van der Waals surface area contributed by atoms with Gasteiger partial charge in [0.05, 0.1) is 12.1 Å². The van der Waals surface area contributed by atoms with Crippen LogP contribution in [-0.2, 0) is 6.54 Å². The Morgan fingerprint density at radius 3 is 2.55 bits per heavy atom. The summed E-state index contributed by atoms with van der Waals surface area (Å²) in [5.41, 5.74) is 0.829. The zero-order valence-corrected chi connectivity index (χ0v) is 15.2. The molecule has 128 valence electrons. The molecule has 0 amide bonds. The second-order valence-corrected chi connectivity index (χ2v) is 4.86. The average molecular weight is 434 g/mol. The first-order chi connectivity index (χ1) is 9.81. The molecule has 0 aromatic carbocycles. The number of alkyl halides is 3. The third-order valence-electron chi connectivity index (χ3n) is 2.61. The minimum absolute atomic E-state index is 0. The van der Waals surface area contributed by atoms with E-state index in [0.717, 1.165) is 5.69 Å². The molecule has 0 saturated heterocycles. The molecule has 0 spiro atoms. The number of halogens is 4. The molecule has 0 aliphatic rings. The fourth-order valence-electron chi connectivity index (χ4n) is 1.50. The molecule has 22 heavy (non-hydrogen) atoms. The van der Waals surface area contributed by atoms with E-state index in [4.69, 9.17) is 4.52 Å². The van der Waals surface area contributed by atoms with Crippen molar-refractivity contribution in [2.45, 2.75) is 45.8 Å². The monoisotopic (exact) mass is 434 g/mol. The van der Waals surface area contributed by atoms with E-state index in [1.165, 1.54) is 0 Å². The zero-order chi connectivity index (χ0) is 15.9. The van der Waals surface area contributed by atoms with E-state index >= 15 is 0 Å². The fraction of sp³-hybridized carbons (Fsp3) is 0.692. The summed E-state index contributed by atoms with van der Waals surface area (Å²) in [6, 6.07) is 1.80. The van der Waals surface area contributed by atoms with E-state index in [1.54, 1.807) is 6.07 Å². The molecule has 0 aliphatic heterocycles. The van der Waals surface area contributed by atoms with Crippen molar-refractivity contribution in [3.63, 3.8) is 0 Å². The maximum atomic E-state index is 12.1. The number of nitrogens with zero attached hydrogens (tertiary/aromatic N) is 2. The van der Waals surface area contributed by atoms with Gasteiger partial charge < -0.3 is 15.2 Å². The van der Waals surface area contributed by atoms with Crippen molar-refractivity contribution in [2.75, 3.05) is 13.1 Å². The molecule has 1 aromatic heterocycles. The van der Waals surface area contributed by atoms with Gasteiger partial charge in [-0.3, -0.25) is 0 Å². The SMILES string of the molecule is CCNC(=NCc1cc(C(C)C)no1)NCCC(F)(F)F.I. The predicted molar refractivity (Wildman–Crippen MR) is 89.5 cm³/mol. The number of rotatable bonds is 6. The predicted octanol–water partition coefficient (Wildman–Crippen LogP) is 3.42. The first-order valence-corrected chi connectivity index (χ1v) is 6.86. The summed E-state index contributed by atoms with van der Waals surface area (Å²) >= 11 is 0. The zero-order valence-electron chi connectivity index (χ0n) is 12.8. The second kappa shape index (κ2) is 9.90. The smallest absolute Gasteiger partial charge is 0.359 e. The summed E-state index contributed by atoms with van der Waals surface area (Å²) < 4.78 is 41.4. The van der Waals surface area contributed by atoms with Gasteiger partial charge in [-0.05, 0) is 12.8 Å². The molecule has 1 aromatic rings. The van der Waals surface area contributed by atoms with Crippen LogP contribution >= 0.6 is 24.0 Å². The molecule has 0 saturated carbocycles.